The Kier molecular flexibility index (Phi) is 7.06. The molecule has 0 saturated heterocycles. The first kappa shape index (κ1) is 16.2. The van der Waals surface area contributed by atoms with E-state index in [0.717, 1.165) is 19.5 Å². The lowest BCUT2D eigenvalue weighted by molar-refractivity contribution is 0.183. The van der Waals surface area contributed by atoms with Crippen molar-refractivity contribution in [3.63, 3.8) is 0 Å². The summed E-state index contributed by atoms with van der Waals surface area (Å²) < 4.78 is 5.24. The van der Waals surface area contributed by atoms with Gasteiger partial charge >= 0.3 is 0 Å². The first-order valence-electron chi connectivity index (χ1n) is 7.04. The van der Waals surface area contributed by atoms with Gasteiger partial charge in [-0.05, 0) is 37.1 Å². The molecule has 1 atom stereocenters. The average molecular weight is 264 g/mol. The number of hydrogen-bond donors (Lipinski definition) is 1. The minimum absolute atomic E-state index is 0.289. The molecule has 3 nitrogen and oxygen atoms in total. The van der Waals surface area contributed by atoms with Crippen molar-refractivity contribution < 1.29 is 4.74 Å². The molecule has 0 radical (unpaired) electrons. The van der Waals surface area contributed by atoms with Gasteiger partial charge in [0, 0.05) is 19.7 Å². The predicted molar refractivity (Wildman–Crippen MR) is 80.9 cm³/mol. The first-order valence-corrected chi connectivity index (χ1v) is 7.04. The van der Waals surface area contributed by atoms with Gasteiger partial charge in [-0.25, -0.2) is 0 Å². The predicted octanol–water partition coefficient (Wildman–Crippen LogP) is 2.64. The molecule has 0 aliphatic heterocycles. The number of nitrogens with zero attached hydrogens (tertiary/aromatic N) is 1. The Bertz CT molecular complexity index is 366. The minimum Gasteiger partial charge on any atom is -0.380 e. The summed E-state index contributed by atoms with van der Waals surface area (Å²) in [7, 11) is 3.89. The van der Waals surface area contributed by atoms with Crippen molar-refractivity contribution in [1.82, 2.24) is 4.90 Å². The Morgan fingerprint density at radius 3 is 2.42 bits per heavy atom. The Morgan fingerprint density at radius 1 is 1.21 bits per heavy atom. The zero-order valence-electron chi connectivity index (χ0n) is 12.7. The van der Waals surface area contributed by atoms with Gasteiger partial charge in [0.05, 0.1) is 6.61 Å². The molecule has 3 heteroatoms. The van der Waals surface area contributed by atoms with Crippen LogP contribution in [0.3, 0.4) is 0 Å². The number of nitrogens with two attached hydrogens (primary N) is 1. The SMILES string of the molecule is COCc1ccccc1CN(C)CCC(N)C(C)C. The van der Waals surface area contributed by atoms with Crippen LogP contribution in [0.5, 0.6) is 0 Å². The van der Waals surface area contributed by atoms with Gasteiger partial charge in [0.1, 0.15) is 0 Å². The van der Waals surface area contributed by atoms with Crippen LogP contribution in [0.2, 0.25) is 0 Å². The van der Waals surface area contributed by atoms with Gasteiger partial charge in [0.15, 0.2) is 0 Å². The van der Waals surface area contributed by atoms with E-state index in [4.69, 9.17) is 10.5 Å². The second-order valence-corrected chi connectivity index (χ2v) is 5.64. The second-order valence-electron chi connectivity index (χ2n) is 5.64. The van der Waals surface area contributed by atoms with Crippen LogP contribution < -0.4 is 5.73 Å². The maximum Gasteiger partial charge on any atom is 0.0716 e. The van der Waals surface area contributed by atoms with Crippen LogP contribution in [-0.2, 0) is 17.9 Å². The fourth-order valence-electron chi connectivity index (χ4n) is 2.08. The van der Waals surface area contributed by atoms with E-state index in [9.17, 15) is 0 Å². The molecule has 2 N–H and O–H groups in total. The summed E-state index contributed by atoms with van der Waals surface area (Å²) in [5.74, 6) is 0.550. The van der Waals surface area contributed by atoms with Crippen molar-refractivity contribution in [2.75, 3.05) is 20.7 Å². The highest BCUT2D eigenvalue weighted by Gasteiger charge is 2.10. The lowest BCUT2D eigenvalue weighted by Gasteiger charge is -2.22. The summed E-state index contributed by atoms with van der Waals surface area (Å²) in [6.45, 7) is 7.01. The van der Waals surface area contributed by atoms with E-state index in [0.29, 0.717) is 12.5 Å². The van der Waals surface area contributed by atoms with Crippen molar-refractivity contribution in [2.45, 2.75) is 39.5 Å². The van der Waals surface area contributed by atoms with Crippen molar-refractivity contribution in [1.29, 1.82) is 0 Å². The van der Waals surface area contributed by atoms with Gasteiger partial charge in [-0.1, -0.05) is 38.1 Å². The quantitative estimate of drug-likeness (QED) is 0.784. The summed E-state index contributed by atoms with van der Waals surface area (Å²) in [5, 5.41) is 0. The highest BCUT2D eigenvalue weighted by atomic mass is 16.5. The molecule has 1 unspecified atom stereocenters. The molecular formula is C16H28N2O. The molecule has 0 heterocycles. The topological polar surface area (TPSA) is 38.5 Å². The third kappa shape index (κ3) is 5.72. The molecule has 0 amide bonds. The zero-order chi connectivity index (χ0) is 14.3. The molecule has 1 aromatic rings. The standard InChI is InChI=1S/C16H28N2O/c1-13(2)16(17)9-10-18(3)11-14-7-5-6-8-15(14)12-19-4/h5-8,13,16H,9-12,17H2,1-4H3. The summed E-state index contributed by atoms with van der Waals surface area (Å²) >= 11 is 0. The maximum absolute atomic E-state index is 6.09. The fraction of sp³-hybridized carbons (Fsp3) is 0.625. The summed E-state index contributed by atoms with van der Waals surface area (Å²) in [6.07, 6.45) is 1.04. The molecule has 0 aliphatic carbocycles. The molecule has 0 spiro atoms. The van der Waals surface area contributed by atoms with E-state index in [1.807, 2.05) is 0 Å². The van der Waals surface area contributed by atoms with E-state index in [-0.39, 0.29) is 6.04 Å². The molecule has 0 aromatic heterocycles. The molecule has 108 valence electrons. The Morgan fingerprint density at radius 2 is 1.84 bits per heavy atom. The minimum atomic E-state index is 0.289. The number of ether oxygens (including phenoxy) is 1. The van der Waals surface area contributed by atoms with E-state index >= 15 is 0 Å². The third-order valence-corrected chi connectivity index (χ3v) is 3.56. The smallest absolute Gasteiger partial charge is 0.0716 e. The highest BCUT2D eigenvalue weighted by molar-refractivity contribution is 5.26. The lowest BCUT2D eigenvalue weighted by Crippen LogP contribution is -2.31. The average Bonchev–Trinajstić information content (AvgIpc) is 2.38. The molecule has 19 heavy (non-hydrogen) atoms. The molecular weight excluding hydrogens is 236 g/mol. The maximum atomic E-state index is 6.09. The largest absolute Gasteiger partial charge is 0.380 e. The lowest BCUT2D eigenvalue weighted by atomic mass is 10.0. The van der Waals surface area contributed by atoms with Crippen molar-refractivity contribution >= 4 is 0 Å². The van der Waals surface area contributed by atoms with E-state index in [1.165, 1.54) is 11.1 Å². The van der Waals surface area contributed by atoms with Crippen molar-refractivity contribution in [3.05, 3.63) is 35.4 Å². The van der Waals surface area contributed by atoms with Gasteiger partial charge in [0.25, 0.3) is 0 Å². The normalized spacial score (nSPS) is 13.2. The summed E-state index contributed by atoms with van der Waals surface area (Å²) in [4.78, 5) is 2.33. The third-order valence-electron chi connectivity index (χ3n) is 3.56. The van der Waals surface area contributed by atoms with Crippen LogP contribution in [0.15, 0.2) is 24.3 Å². The molecule has 0 fully saturated rings. The highest BCUT2D eigenvalue weighted by Crippen LogP contribution is 2.13. The monoisotopic (exact) mass is 264 g/mol. The van der Waals surface area contributed by atoms with Crippen LogP contribution >= 0.6 is 0 Å². The van der Waals surface area contributed by atoms with Gasteiger partial charge in [0.2, 0.25) is 0 Å². The van der Waals surface area contributed by atoms with Gasteiger partial charge in [-0.3, -0.25) is 0 Å². The van der Waals surface area contributed by atoms with Crippen LogP contribution in [0, 0.1) is 5.92 Å². The van der Waals surface area contributed by atoms with Crippen LogP contribution in [0.1, 0.15) is 31.4 Å². The Hall–Kier alpha value is -0.900. The number of benzene rings is 1. The van der Waals surface area contributed by atoms with E-state index in [1.54, 1.807) is 7.11 Å². The van der Waals surface area contributed by atoms with Gasteiger partial charge in [-0.2, -0.15) is 0 Å². The van der Waals surface area contributed by atoms with E-state index in [2.05, 4.69) is 50.1 Å². The van der Waals surface area contributed by atoms with E-state index < -0.39 is 0 Å². The van der Waals surface area contributed by atoms with Crippen LogP contribution in [0.25, 0.3) is 0 Å². The van der Waals surface area contributed by atoms with Gasteiger partial charge in [-0.15, -0.1) is 0 Å². The van der Waals surface area contributed by atoms with Crippen molar-refractivity contribution in [3.8, 4) is 0 Å². The number of methoxy groups -OCH3 is 1. The van der Waals surface area contributed by atoms with Crippen molar-refractivity contribution in [2.24, 2.45) is 11.7 Å². The first-order chi connectivity index (χ1) is 9.04. The molecule has 0 bridgehead atoms. The fourth-order valence-corrected chi connectivity index (χ4v) is 2.08. The van der Waals surface area contributed by atoms with Crippen LogP contribution in [0.4, 0.5) is 0 Å². The zero-order valence-corrected chi connectivity index (χ0v) is 12.7. The molecule has 0 aliphatic rings. The molecule has 1 rings (SSSR count). The van der Waals surface area contributed by atoms with Gasteiger partial charge < -0.3 is 15.4 Å². The number of rotatable bonds is 8. The second kappa shape index (κ2) is 8.31. The summed E-state index contributed by atoms with van der Waals surface area (Å²) in [5.41, 5.74) is 8.70. The molecule has 0 saturated carbocycles. The Balaban J connectivity index is 2.50. The van der Waals surface area contributed by atoms with Crippen LogP contribution in [-0.4, -0.2) is 31.6 Å². The Labute approximate surface area is 117 Å². The molecule has 1 aromatic carbocycles. The number of hydrogen-bond acceptors (Lipinski definition) is 3. The summed E-state index contributed by atoms with van der Waals surface area (Å²) in [6, 6.07) is 8.74.